The highest BCUT2D eigenvalue weighted by atomic mass is 14.8. The second-order valence-electron chi connectivity index (χ2n) is 3.66. The first-order valence-corrected chi connectivity index (χ1v) is 3.80. The van der Waals surface area contributed by atoms with Crippen LogP contribution < -0.4 is 0 Å². The Bertz CT molecular complexity index is 234. The molecule has 0 amide bonds. The van der Waals surface area contributed by atoms with E-state index in [0.717, 1.165) is 12.0 Å². The van der Waals surface area contributed by atoms with Crippen LogP contribution in [0.3, 0.4) is 0 Å². The Balaban J connectivity index is 2.90. The zero-order chi connectivity index (χ0) is 8.48. The van der Waals surface area contributed by atoms with Crippen molar-refractivity contribution in [3.05, 3.63) is 11.6 Å². The smallest absolute Gasteiger partial charge is 0.0607 e. The molecule has 0 aliphatic carbocycles. The summed E-state index contributed by atoms with van der Waals surface area (Å²) in [5.74, 6) is 0. The average molecular weight is 150 g/mol. The predicted octanol–water partition coefficient (Wildman–Crippen LogP) is 2.21. The highest BCUT2D eigenvalue weighted by molar-refractivity contribution is 5.99. The molecule has 1 aliphatic rings. The third-order valence-electron chi connectivity index (χ3n) is 1.64. The van der Waals surface area contributed by atoms with Crippen LogP contribution in [0.5, 0.6) is 0 Å². The van der Waals surface area contributed by atoms with Crippen molar-refractivity contribution in [2.24, 2.45) is 4.99 Å². The predicted molar refractivity (Wildman–Crippen MR) is 48.7 cm³/mol. The van der Waals surface area contributed by atoms with Gasteiger partial charge in [-0.25, -0.2) is 0 Å². The Labute approximate surface area is 67.5 Å². The summed E-state index contributed by atoms with van der Waals surface area (Å²) < 4.78 is 0. The van der Waals surface area contributed by atoms with Gasteiger partial charge in [0.1, 0.15) is 0 Å². The number of aliphatic imine (C=N–C) groups is 1. The van der Waals surface area contributed by atoms with Crippen LogP contribution in [0.2, 0.25) is 0 Å². The maximum atomic E-state index is 7.56. The van der Waals surface area contributed by atoms with Crippen LogP contribution >= 0.6 is 0 Å². The topological polar surface area (TPSA) is 36.2 Å². The fourth-order valence-electron chi connectivity index (χ4n) is 1.15. The molecule has 11 heavy (non-hydrogen) atoms. The number of hydrogen-bond acceptors (Lipinski definition) is 2. The number of rotatable bonds is 0. The van der Waals surface area contributed by atoms with Crippen molar-refractivity contribution in [1.82, 2.24) is 0 Å². The zero-order valence-corrected chi connectivity index (χ0v) is 7.31. The van der Waals surface area contributed by atoms with E-state index in [2.05, 4.69) is 4.99 Å². The molecule has 60 valence electrons. The fraction of sp³-hybridized carbons (Fsp3) is 0.556. The van der Waals surface area contributed by atoms with Gasteiger partial charge in [0.2, 0.25) is 0 Å². The van der Waals surface area contributed by atoms with Crippen LogP contribution in [0.25, 0.3) is 0 Å². The molecule has 2 heteroatoms. The number of hydrogen-bond donors (Lipinski definition) is 1. The second-order valence-corrected chi connectivity index (χ2v) is 3.66. The summed E-state index contributed by atoms with van der Waals surface area (Å²) in [7, 11) is 0. The van der Waals surface area contributed by atoms with Gasteiger partial charge in [-0.3, -0.25) is 4.99 Å². The molecule has 0 atom stereocenters. The molecule has 1 heterocycles. The van der Waals surface area contributed by atoms with Crippen molar-refractivity contribution in [2.45, 2.75) is 32.7 Å². The van der Waals surface area contributed by atoms with Gasteiger partial charge < -0.3 is 5.41 Å². The molecule has 0 spiro atoms. The molecular weight excluding hydrogens is 136 g/mol. The van der Waals surface area contributed by atoms with E-state index in [1.165, 1.54) is 0 Å². The van der Waals surface area contributed by atoms with Gasteiger partial charge in [0, 0.05) is 18.3 Å². The molecule has 0 saturated heterocycles. The minimum Gasteiger partial charge on any atom is -0.305 e. The monoisotopic (exact) mass is 150 g/mol. The molecule has 1 rings (SSSR count). The molecule has 1 aliphatic heterocycles. The van der Waals surface area contributed by atoms with Gasteiger partial charge in [-0.1, -0.05) is 0 Å². The molecule has 0 radical (unpaired) electrons. The maximum absolute atomic E-state index is 7.56. The van der Waals surface area contributed by atoms with Crippen molar-refractivity contribution in [1.29, 1.82) is 5.41 Å². The quantitative estimate of drug-likeness (QED) is 0.549. The lowest BCUT2D eigenvalue weighted by Crippen LogP contribution is -2.19. The Morgan fingerprint density at radius 1 is 1.55 bits per heavy atom. The molecule has 0 bridgehead atoms. The normalized spacial score (nSPS) is 22.8. The van der Waals surface area contributed by atoms with Crippen molar-refractivity contribution in [3.63, 3.8) is 0 Å². The van der Waals surface area contributed by atoms with Gasteiger partial charge in [-0.15, -0.1) is 0 Å². The Hall–Kier alpha value is -0.920. The third kappa shape index (κ3) is 2.30. The fourth-order valence-corrected chi connectivity index (χ4v) is 1.15. The van der Waals surface area contributed by atoms with E-state index in [0.29, 0.717) is 5.71 Å². The van der Waals surface area contributed by atoms with Crippen LogP contribution in [-0.4, -0.2) is 17.5 Å². The van der Waals surface area contributed by atoms with Gasteiger partial charge >= 0.3 is 0 Å². The molecular formula is C9H14N2. The lowest BCUT2D eigenvalue weighted by atomic mass is 9.99. The molecule has 0 aromatic carbocycles. The summed E-state index contributed by atoms with van der Waals surface area (Å²) in [6.07, 6.45) is 4.46. The molecule has 0 fully saturated rings. The zero-order valence-electron chi connectivity index (χ0n) is 7.31. The van der Waals surface area contributed by atoms with E-state index in [1.807, 2.05) is 33.1 Å². The van der Waals surface area contributed by atoms with Crippen LogP contribution in [0.15, 0.2) is 16.6 Å². The van der Waals surface area contributed by atoms with Gasteiger partial charge in [0.25, 0.3) is 0 Å². The average Bonchev–Trinajstić information content (AvgIpc) is 1.90. The minimum atomic E-state index is -0.0919. The second kappa shape index (κ2) is 2.61. The third-order valence-corrected chi connectivity index (χ3v) is 1.64. The number of nitrogens with one attached hydrogen (secondary N) is 1. The summed E-state index contributed by atoms with van der Waals surface area (Å²) in [4.78, 5) is 4.35. The van der Waals surface area contributed by atoms with E-state index in [1.54, 1.807) is 0 Å². The van der Waals surface area contributed by atoms with Crippen LogP contribution in [0.1, 0.15) is 27.2 Å². The SMILES string of the molecule is CC1=CC(=N)CC(C)(C)N=C1. The van der Waals surface area contributed by atoms with E-state index in [9.17, 15) is 0 Å². The molecule has 0 aromatic rings. The van der Waals surface area contributed by atoms with E-state index < -0.39 is 0 Å². The highest BCUT2D eigenvalue weighted by Gasteiger charge is 2.18. The van der Waals surface area contributed by atoms with Crippen LogP contribution in [0.4, 0.5) is 0 Å². The molecule has 2 nitrogen and oxygen atoms in total. The molecule has 1 N–H and O–H groups in total. The summed E-state index contributed by atoms with van der Waals surface area (Å²) in [5, 5.41) is 7.56. The number of allylic oxidation sites excluding steroid dienone is 2. The Morgan fingerprint density at radius 2 is 2.18 bits per heavy atom. The van der Waals surface area contributed by atoms with E-state index in [-0.39, 0.29) is 5.54 Å². The summed E-state index contributed by atoms with van der Waals surface area (Å²) in [5.41, 5.74) is 1.65. The van der Waals surface area contributed by atoms with Crippen molar-refractivity contribution >= 4 is 11.9 Å². The standard InChI is InChI=1S/C9H14N2/c1-7-4-8(10)5-9(2,3)11-6-7/h4,6,10H,5H2,1-3H3. The lowest BCUT2D eigenvalue weighted by Gasteiger charge is -2.16. The molecule has 0 unspecified atom stereocenters. The Kier molecular flexibility index (Phi) is 1.94. The van der Waals surface area contributed by atoms with Gasteiger partial charge in [0.05, 0.1) is 5.54 Å². The van der Waals surface area contributed by atoms with Crippen molar-refractivity contribution in [2.75, 3.05) is 0 Å². The highest BCUT2D eigenvalue weighted by Crippen LogP contribution is 2.17. The van der Waals surface area contributed by atoms with Gasteiger partial charge in [-0.2, -0.15) is 0 Å². The van der Waals surface area contributed by atoms with Crippen LogP contribution in [0, 0.1) is 5.41 Å². The minimum absolute atomic E-state index is 0.0919. The Morgan fingerprint density at radius 3 is 2.82 bits per heavy atom. The summed E-state index contributed by atoms with van der Waals surface area (Å²) in [6, 6.07) is 0. The maximum Gasteiger partial charge on any atom is 0.0607 e. The van der Waals surface area contributed by atoms with Gasteiger partial charge in [0.15, 0.2) is 0 Å². The molecule has 0 saturated carbocycles. The number of nitrogens with zero attached hydrogens (tertiary/aromatic N) is 1. The van der Waals surface area contributed by atoms with E-state index >= 15 is 0 Å². The van der Waals surface area contributed by atoms with Crippen LogP contribution in [-0.2, 0) is 0 Å². The summed E-state index contributed by atoms with van der Waals surface area (Å²) >= 11 is 0. The molecule has 0 aromatic heterocycles. The van der Waals surface area contributed by atoms with Crippen molar-refractivity contribution < 1.29 is 0 Å². The lowest BCUT2D eigenvalue weighted by molar-refractivity contribution is 0.549. The van der Waals surface area contributed by atoms with Crippen molar-refractivity contribution in [3.8, 4) is 0 Å². The first kappa shape index (κ1) is 8.18. The first-order valence-electron chi connectivity index (χ1n) is 3.80. The first-order chi connectivity index (χ1) is 4.99. The summed E-state index contributed by atoms with van der Waals surface area (Å²) in [6.45, 7) is 6.06. The van der Waals surface area contributed by atoms with E-state index in [4.69, 9.17) is 5.41 Å². The largest absolute Gasteiger partial charge is 0.305 e. The van der Waals surface area contributed by atoms with Gasteiger partial charge in [-0.05, 0) is 32.4 Å².